The highest BCUT2D eigenvalue weighted by molar-refractivity contribution is 6.95. The van der Waals surface area contributed by atoms with Gasteiger partial charge in [0.1, 0.15) is 0 Å². The third-order valence-electron chi connectivity index (χ3n) is 5.01. The van der Waals surface area contributed by atoms with Crippen molar-refractivity contribution >= 4 is 91.1 Å². The lowest BCUT2D eigenvalue weighted by molar-refractivity contribution is -0.137. The van der Waals surface area contributed by atoms with Crippen molar-refractivity contribution in [1.29, 1.82) is 0 Å². The average molecular weight is 854 g/mol. The fourth-order valence-electron chi connectivity index (χ4n) is 5.11. The Morgan fingerprint density at radius 1 is 0.438 bits per heavy atom. The van der Waals surface area contributed by atoms with Crippen molar-refractivity contribution in [3.8, 4) is 0 Å². The zero-order valence-corrected chi connectivity index (χ0v) is 44.4. The highest BCUT2D eigenvalue weighted by Crippen LogP contribution is 2.37. The molecule has 0 radical (unpaired) electrons. The molecular formula is C27H72O11Si10. The first-order chi connectivity index (χ1) is 20.8. The van der Waals surface area contributed by atoms with Crippen molar-refractivity contribution in [2.45, 2.75) is 150 Å². The maximum atomic E-state index is 12.1. The molecule has 0 rings (SSSR count). The van der Waals surface area contributed by atoms with E-state index in [-0.39, 0.29) is 12.7 Å². The van der Waals surface area contributed by atoms with E-state index in [2.05, 4.69) is 124 Å². The minimum absolute atomic E-state index is 0.113. The SMILES string of the molecule is C=CC(=O)OCCC[Si](O[Si](C)(O[Si](C)(C)C)O[Si](C)(C)C)(O[Si](C)(O[Si](C)(C)C)O[Si](C)(C)C)O[Si](C)(O[Si](C)(C)C)O[Si](C)(C)C. The van der Waals surface area contributed by atoms with Gasteiger partial charge in [-0.3, -0.25) is 0 Å². The molecule has 0 unspecified atom stereocenters. The predicted octanol–water partition coefficient (Wildman–Crippen LogP) is 8.91. The van der Waals surface area contributed by atoms with E-state index < -0.39 is 91.1 Å². The molecule has 0 aliphatic carbocycles. The van der Waals surface area contributed by atoms with Crippen molar-refractivity contribution in [3.05, 3.63) is 12.7 Å². The maximum absolute atomic E-state index is 12.1. The van der Waals surface area contributed by atoms with Gasteiger partial charge in [0.2, 0.25) is 0 Å². The third-order valence-corrected chi connectivity index (χ3v) is 37.8. The molecule has 0 atom stereocenters. The van der Waals surface area contributed by atoms with E-state index in [0.29, 0.717) is 6.42 Å². The molecule has 0 aliphatic rings. The normalized spacial score (nSPS) is 15.1. The van der Waals surface area contributed by atoms with Gasteiger partial charge in [0.25, 0.3) is 0 Å². The van der Waals surface area contributed by atoms with Crippen LogP contribution in [0.25, 0.3) is 0 Å². The summed E-state index contributed by atoms with van der Waals surface area (Å²) in [5, 5.41) is 0. The van der Waals surface area contributed by atoms with E-state index in [4.69, 9.17) is 41.8 Å². The molecule has 0 aromatic carbocycles. The molecule has 21 heteroatoms. The van der Waals surface area contributed by atoms with Gasteiger partial charge in [0.05, 0.1) is 6.61 Å². The number of carbonyl (C=O) groups excluding carboxylic acids is 1. The Balaban J connectivity index is 7.90. The summed E-state index contributed by atoms with van der Waals surface area (Å²) in [6.45, 7) is 47.7. The molecule has 0 saturated heterocycles. The number of esters is 1. The molecule has 0 fully saturated rings. The van der Waals surface area contributed by atoms with Crippen LogP contribution in [0.3, 0.4) is 0 Å². The van der Waals surface area contributed by atoms with Gasteiger partial charge in [-0.25, -0.2) is 4.79 Å². The first-order valence-electron chi connectivity index (χ1n) is 16.9. The first kappa shape index (κ1) is 49.0. The largest absolute Gasteiger partial charge is 0.478 e. The molecule has 11 nitrogen and oxygen atoms in total. The smallest absolute Gasteiger partial charge is 0.463 e. The Labute approximate surface area is 305 Å². The summed E-state index contributed by atoms with van der Waals surface area (Å²) < 4.78 is 68.9. The van der Waals surface area contributed by atoms with Crippen molar-refractivity contribution in [1.82, 2.24) is 0 Å². The second-order valence-electron chi connectivity index (χ2n) is 18.3. The van der Waals surface area contributed by atoms with Crippen LogP contribution in [0.15, 0.2) is 12.7 Å². The molecule has 0 aromatic rings. The second-order valence-corrected chi connectivity index (χ2v) is 58.1. The van der Waals surface area contributed by atoms with Gasteiger partial charge in [-0.1, -0.05) is 6.58 Å². The summed E-state index contributed by atoms with van der Waals surface area (Å²) in [4.78, 5) is 12.1. The van der Waals surface area contributed by atoms with Gasteiger partial charge in [-0.2, -0.15) is 0 Å². The molecule has 286 valence electrons. The van der Waals surface area contributed by atoms with Gasteiger partial charge in [0.15, 0.2) is 49.9 Å². The minimum atomic E-state index is -4.03. The molecule has 0 heterocycles. The minimum Gasteiger partial charge on any atom is -0.463 e. The number of hydrogen-bond acceptors (Lipinski definition) is 11. The Morgan fingerprint density at radius 2 is 0.667 bits per heavy atom. The summed E-state index contributed by atoms with van der Waals surface area (Å²) in [5.41, 5.74) is 0. The van der Waals surface area contributed by atoms with Gasteiger partial charge < -0.3 is 41.8 Å². The fourth-order valence-corrected chi connectivity index (χ4v) is 46.9. The van der Waals surface area contributed by atoms with Crippen LogP contribution < -0.4 is 0 Å². The van der Waals surface area contributed by atoms with Crippen molar-refractivity contribution in [2.75, 3.05) is 6.61 Å². The Kier molecular flexibility index (Phi) is 17.8. The van der Waals surface area contributed by atoms with Crippen molar-refractivity contribution < 1.29 is 46.6 Å². The number of ether oxygens (including phenoxy) is 1. The summed E-state index contributed by atoms with van der Waals surface area (Å²) >= 11 is 0. The van der Waals surface area contributed by atoms with Crippen LogP contribution >= 0.6 is 0 Å². The fraction of sp³-hybridized carbons (Fsp3) is 0.889. The van der Waals surface area contributed by atoms with Crippen LogP contribution in [0.5, 0.6) is 0 Å². The van der Waals surface area contributed by atoms with Crippen LogP contribution in [-0.2, 0) is 46.6 Å². The van der Waals surface area contributed by atoms with E-state index in [1.54, 1.807) is 0 Å². The van der Waals surface area contributed by atoms with Crippen molar-refractivity contribution in [3.63, 3.8) is 0 Å². The molecular weight excluding hydrogens is 781 g/mol. The summed E-state index contributed by atoms with van der Waals surface area (Å²) in [6.07, 6.45) is 1.54. The molecule has 0 aromatic heterocycles. The van der Waals surface area contributed by atoms with Gasteiger partial charge in [0, 0.05) is 31.8 Å². The molecule has 0 N–H and O–H groups in total. The monoisotopic (exact) mass is 852 g/mol. The number of rotatable bonds is 23. The summed E-state index contributed by atoms with van der Waals surface area (Å²) in [6, 6.07) is 0.267. The Bertz CT molecular complexity index is 885. The standard InChI is InChI=1S/C27H72O11Si10/c1-23-27(28)29-25-24-26-48(36-45(20,30-39(2,3)4)31-40(5,6)7,37-46(21,32-41(8,9)10)33-42(11,12)13)38-47(22,34-43(14,15)16)35-44(17,18)19/h23H,1,24-26H2,2-22H3. The third kappa shape index (κ3) is 23.6. The highest BCUT2D eigenvalue weighted by atomic mass is 28.6. The van der Waals surface area contributed by atoms with Crippen LogP contribution in [0.2, 0.25) is 144 Å². The average Bonchev–Trinajstić information content (AvgIpc) is 2.66. The molecule has 0 bridgehead atoms. The quantitative estimate of drug-likeness (QED) is 0.0426. The lowest BCUT2D eigenvalue weighted by Gasteiger charge is -2.49. The zero-order valence-electron chi connectivity index (χ0n) is 34.4. The number of carbonyl (C=O) groups is 1. The molecule has 0 amide bonds. The van der Waals surface area contributed by atoms with Crippen LogP contribution in [0, 0.1) is 0 Å². The predicted molar refractivity (Wildman–Crippen MR) is 221 cm³/mol. The molecule has 0 saturated carbocycles. The molecule has 48 heavy (non-hydrogen) atoms. The van der Waals surface area contributed by atoms with Gasteiger partial charge in [-0.05, 0) is 124 Å². The van der Waals surface area contributed by atoms with E-state index >= 15 is 0 Å². The number of hydrogen-bond donors (Lipinski definition) is 0. The Hall–Kier alpha value is 1.02. The topological polar surface area (TPSA) is 109 Å². The van der Waals surface area contributed by atoms with E-state index in [1.807, 2.05) is 19.6 Å². The first-order valence-corrected chi connectivity index (χ1v) is 46.0. The van der Waals surface area contributed by atoms with Gasteiger partial charge in [-0.15, -0.1) is 0 Å². The Morgan fingerprint density at radius 3 is 0.854 bits per heavy atom. The van der Waals surface area contributed by atoms with Crippen LogP contribution in [-0.4, -0.2) is 97.7 Å². The second kappa shape index (κ2) is 17.4. The van der Waals surface area contributed by atoms with Crippen LogP contribution in [0.4, 0.5) is 0 Å². The van der Waals surface area contributed by atoms with E-state index in [0.717, 1.165) is 6.08 Å². The van der Waals surface area contributed by atoms with Gasteiger partial charge >= 0.3 is 41.2 Å². The summed E-state index contributed by atoms with van der Waals surface area (Å²) in [7, 11) is -27.9. The van der Waals surface area contributed by atoms with E-state index in [1.165, 1.54) is 0 Å². The maximum Gasteiger partial charge on any atom is 0.478 e. The lowest BCUT2D eigenvalue weighted by atomic mass is 10.5. The van der Waals surface area contributed by atoms with Crippen molar-refractivity contribution in [2.24, 2.45) is 0 Å². The lowest BCUT2D eigenvalue weighted by Crippen LogP contribution is -2.71. The molecule has 0 aliphatic heterocycles. The van der Waals surface area contributed by atoms with Crippen LogP contribution in [0.1, 0.15) is 6.42 Å². The molecule has 0 spiro atoms. The summed E-state index contributed by atoms with van der Waals surface area (Å²) in [5.74, 6) is -0.500. The zero-order chi connectivity index (χ0) is 38.5. The highest BCUT2D eigenvalue weighted by Gasteiger charge is 2.63. The van der Waals surface area contributed by atoms with E-state index in [9.17, 15) is 4.79 Å².